The molecule has 4 aromatic rings. The van der Waals surface area contributed by atoms with E-state index in [1.165, 1.54) is 42.5 Å². The zero-order chi connectivity index (χ0) is 26.6. The van der Waals surface area contributed by atoms with Crippen LogP contribution in [0.3, 0.4) is 0 Å². The number of aliphatic hydroxyl groups excluding tert-OH is 1. The first-order valence-corrected chi connectivity index (χ1v) is 12.5. The van der Waals surface area contributed by atoms with E-state index >= 15 is 0 Å². The molecule has 0 bridgehead atoms. The Labute approximate surface area is 209 Å². The molecule has 3 aromatic carbocycles. The van der Waals surface area contributed by atoms with E-state index in [-0.39, 0.29) is 46.7 Å². The SMILES string of the molecule is O=S(=O)(Nc1cc([C@@H](O)CNCCOc2ccc3c(C(F)(F)F)[nH]nc3c2)ccc1F)c1ccccc1. The summed E-state index contributed by atoms with van der Waals surface area (Å²) in [5.74, 6) is -0.475. The Bertz CT molecular complexity index is 1480. The number of aromatic amines is 1. The van der Waals surface area contributed by atoms with Crippen LogP contribution < -0.4 is 14.8 Å². The highest BCUT2D eigenvalue weighted by atomic mass is 32.2. The Kier molecular flexibility index (Phi) is 7.66. The van der Waals surface area contributed by atoms with Crippen molar-refractivity contribution in [1.29, 1.82) is 0 Å². The molecule has 4 rings (SSSR count). The van der Waals surface area contributed by atoms with E-state index < -0.39 is 33.8 Å². The van der Waals surface area contributed by atoms with Crippen LogP contribution in [0.2, 0.25) is 0 Å². The van der Waals surface area contributed by atoms with Crippen LogP contribution in [0.4, 0.5) is 23.2 Å². The third kappa shape index (κ3) is 6.37. The molecule has 0 saturated carbocycles. The predicted molar refractivity (Wildman–Crippen MR) is 128 cm³/mol. The molecule has 4 N–H and O–H groups in total. The molecule has 0 aliphatic carbocycles. The van der Waals surface area contributed by atoms with Crippen molar-refractivity contribution in [2.24, 2.45) is 0 Å². The third-order valence-electron chi connectivity index (χ3n) is 5.37. The lowest BCUT2D eigenvalue weighted by atomic mass is 10.1. The number of fused-ring (bicyclic) bond motifs is 1. The van der Waals surface area contributed by atoms with Crippen molar-refractivity contribution in [3.63, 3.8) is 0 Å². The molecule has 1 atom stereocenters. The van der Waals surface area contributed by atoms with Crippen LogP contribution >= 0.6 is 0 Å². The monoisotopic (exact) mass is 538 g/mol. The maximum absolute atomic E-state index is 14.2. The first-order chi connectivity index (χ1) is 17.5. The van der Waals surface area contributed by atoms with Gasteiger partial charge in [-0.15, -0.1) is 0 Å². The van der Waals surface area contributed by atoms with E-state index in [9.17, 15) is 31.1 Å². The summed E-state index contributed by atoms with van der Waals surface area (Å²) in [6.45, 7) is 0.464. The highest BCUT2D eigenvalue weighted by molar-refractivity contribution is 7.92. The number of anilines is 1. The van der Waals surface area contributed by atoms with Crippen molar-refractivity contribution in [3.8, 4) is 5.75 Å². The first-order valence-electron chi connectivity index (χ1n) is 11.0. The minimum Gasteiger partial charge on any atom is -0.492 e. The van der Waals surface area contributed by atoms with Crippen molar-refractivity contribution in [1.82, 2.24) is 15.5 Å². The van der Waals surface area contributed by atoms with Gasteiger partial charge in [-0.1, -0.05) is 24.3 Å². The quantitative estimate of drug-likeness (QED) is 0.178. The molecule has 0 radical (unpaired) electrons. The van der Waals surface area contributed by atoms with Crippen LogP contribution in [0.1, 0.15) is 17.4 Å². The van der Waals surface area contributed by atoms with Gasteiger partial charge in [0.2, 0.25) is 0 Å². The number of sulfonamides is 1. The number of rotatable bonds is 10. The van der Waals surface area contributed by atoms with Gasteiger partial charge in [0.05, 0.1) is 22.2 Å². The molecule has 37 heavy (non-hydrogen) atoms. The van der Waals surface area contributed by atoms with Gasteiger partial charge in [-0.05, 0) is 42.0 Å². The Morgan fingerprint density at radius 3 is 2.54 bits per heavy atom. The van der Waals surface area contributed by atoms with Gasteiger partial charge in [-0.2, -0.15) is 18.3 Å². The zero-order valence-electron chi connectivity index (χ0n) is 19.1. The van der Waals surface area contributed by atoms with Crippen molar-refractivity contribution < 1.29 is 35.8 Å². The number of nitrogens with one attached hydrogen (secondary N) is 3. The van der Waals surface area contributed by atoms with Crippen LogP contribution in [0.15, 0.2) is 71.6 Å². The smallest absolute Gasteiger partial charge is 0.433 e. The summed E-state index contributed by atoms with van der Waals surface area (Å²) in [5, 5.41) is 19.0. The van der Waals surface area contributed by atoms with E-state index in [0.29, 0.717) is 5.75 Å². The second-order valence-electron chi connectivity index (χ2n) is 8.00. The van der Waals surface area contributed by atoms with E-state index in [1.807, 2.05) is 5.10 Å². The zero-order valence-corrected chi connectivity index (χ0v) is 19.9. The lowest BCUT2D eigenvalue weighted by Gasteiger charge is -2.15. The van der Waals surface area contributed by atoms with Crippen molar-refractivity contribution in [2.75, 3.05) is 24.4 Å². The molecule has 0 aliphatic rings. The van der Waals surface area contributed by atoms with Gasteiger partial charge in [-0.25, -0.2) is 12.8 Å². The number of aromatic nitrogens is 2. The fourth-order valence-electron chi connectivity index (χ4n) is 3.53. The molecule has 0 fully saturated rings. The molecule has 8 nitrogen and oxygen atoms in total. The van der Waals surface area contributed by atoms with Crippen LogP contribution in [-0.4, -0.2) is 43.4 Å². The van der Waals surface area contributed by atoms with E-state index in [4.69, 9.17) is 4.74 Å². The highest BCUT2D eigenvalue weighted by Crippen LogP contribution is 2.34. The van der Waals surface area contributed by atoms with Gasteiger partial charge in [0.25, 0.3) is 10.0 Å². The van der Waals surface area contributed by atoms with E-state index in [2.05, 4.69) is 15.1 Å². The van der Waals surface area contributed by atoms with E-state index in [1.54, 1.807) is 18.2 Å². The summed E-state index contributed by atoms with van der Waals surface area (Å²) in [4.78, 5) is -0.0331. The minimum absolute atomic E-state index is 0.0331. The standard InChI is InChI=1S/C24H22F4N4O4S/c25-19-9-6-15(12-21(19)32-37(34,35)17-4-2-1-3-5-17)22(33)14-29-10-11-36-16-7-8-18-20(13-16)30-31-23(18)24(26,27)28/h1-9,12-13,22,29,32-33H,10-11,14H2,(H,30,31)/t22-/m0/s1. The fraction of sp³-hybridized carbons (Fsp3) is 0.208. The Morgan fingerprint density at radius 1 is 1.05 bits per heavy atom. The average molecular weight is 539 g/mol. The average Bonchev–Trinajstić information content (AvgIpc) is 3.29. The molecule has 0 spiro atoms. The van der Waals surface area contributed by atoms with Crippen LogP contribution in [-0.2, 0) is 16.2 Å². The number of nitrogens with zero attached hydrogens (tertiary/aromatic N) is 1. The molecule has 0 amide bonds. The van der Waals surface area contributed by atoms with Crippen LogP contribution in [0.25, 0.3) is 10.9 Å². The largest absolute Gasteiger partial charge is 0.492 e. The van der Waals surface area contributed by atoms with Crippen LogP contribution in [0.5, 0.6) is 5.75 Å². The number of alkyl halides is 3. The molecule has 196 valence electrons. The molecule has 0 unspecified atom stereocenters. The summed E-state index contributed by atoms with van der Waals surface area (Å²) in [5.41, 5.74) is -0.832. The van der Waals surface area contributed by atoms with Crippen molar-refractivity contribution in [3.05, 3.63) is 83.8 Å². The molecular weight excluding hydrogens is 516 g/mol. The summed E-state index contributed by atoms with van der Waals surface area (Å²) in [6, 6.07) is 15.1. The van der Waals surface area contributed by atoms with Gasteiger partial charge >= 0.3 is 6.18 Å². The van der Waals surface area contributed by atoms with Gasteiger partial charge in [-0.3, -0.25) is 9.82 Å². The summed E-state index contributed by atoms with van der Waals surface area (Å²) >= 11 is 0. The maximum Gasteiger partial charge on any atom is 0.433 e. The molecule has 1 aromatic heterocycles. The third-order valence-corrected chi connectivity index (χ3v) is 6.75. The molecule has 13 heteroatoms. The van der Waals surface area contributed by atoms with Gasteiger partial charge < -0.3 is 15.2 Å². The van der Waals surface area contributed by atoms with Crippen molar-refractivity contribution >= 4 is 26.6 Å². The highest BCUT2D eigenvalue weighted by Gasteiger charge is 2.35. The molecular formula is C24H22F4N4O4S. The summed E-state index contributed by atoms with van der Waals surface area (Å²) in [6.07, 6.45) is -5.62. The van der Waals surface area contributed by atoms with Gasteiger partial charge in [0.15, 0.2) is 0 Å². The second-order valence-corrected chi connectivity index (χ2v) is 9.68. The number of H-pyrrole nitrogens is 1. The lowest BCUT2D eigenvalue weighted by molar-refractivity contribution is -0.139. The number of halogens is 4. The molecule has 0 aliphatic heterocycles. The summed E-state index contributed by atoms with van der Waals surface area (Å²) in [7, 11) is -4.01. The van der Waals surface area contributed by atoms with Crippen LogP contribution in [0, 0.1) is 5.82 Å². The van der Waals surface area contributed by atoms with E-state index in [0.717, 1.165) is 6.07 Å². The topological polar surface area (TPSA) is 116 Å². The molecule has 0 saturated heterocycles. The number of benzene rings is 3. The Balaban J connectivity index is 1.29. The Hall–Kier alpha value is -3.68. The van der Waals surface area contributed by atoms with Gasteiger partial charge in [0.1, 0.15) is 23.9 Å². The number of hydrogen-bond acceptors (Lipinski definition) is 6. The normalized spacial score (nSPS) is 13.0. The predicted octanol–water partition coefficient (Wildman–Crippen LogP) is 4.22. The minimum atomic E-state index is -4.54. The van der Waals surface area contributed by atoms with Gasteiger partial charge in [0, 0.05) is 24.5 Å². The number of hydrogen-bond donors (Lipinski definition) is 4. The maximum atomic E-state index is 14.2. The van der Waals surface area contributed by atoms with Crippen molar-refractivity contribution in [2.45, 2.75) is 17.2 Å². The first kappa shape index (κ1) is 26.4. The second kappa shape index (κ2) is 10.7. The number of aliphatic hydroxyl groups is 1. The summed E-state index contributed by atoms with van der Waals surface area (Å²) < 4.78 is 85.7. The fourth-order valence-corrected chi connectivity index (χ4v) is 4.61. The number of ether oxygens (including phenoxy) is 1. The molecule has 1 heterocycles. The lowest BCUT2D eigenvalue weighted by Crippen LogP contribution is -2.26. The Morgan fingerprint density at radius 2 is 1.81 bits per heavy atom.